The van der Waals surface area contributed by atoms with Crippen molar-refractivity contribution in [2.24, 2.45) is 0 Å². The van der Waals surface area contributed by atoms with E-state index in [1.807, 2.05) is 0 Å². The topological polar surface area (TPSA) is 233 Å². The van der Waals surface area contributed by atoms with Crippen molar-refractivity contribution in [2.45, 2.75) is 6.54 Å². The SMILES string of the molecule is O=C(Nc1ncnc2c1ncn2C/C=C\COCP(=O)(O)OP(=O)(O)OP(=O)(O)O)c1ccccc1. The quantitative estimate of drug-likeness (QED) is 0.121. The molecule has 36 heavy (non-hydrogen) atoms. The lowest BCUT2D eigenvalue weighted by Gasteiger charge is -2.16. The Morgan fingerprint density at radius 1 is 1.00 bits per heavy atom. The minimum absolute atomic E-state index is 0.219. The maximum atomic E-state index is 12.4. The highest BCUT2D eigenvalue weighted by Gasteiger charge is 2.39. The fraction of sp³-hybridized carbons (Fsp3) is 0.176. The van der Waals surface area contributed by atoms with Crippen molar-refractivity contribution in [3.05, 3.63) is 60.7 Å². The Balaban J connectivity index is 1.53. The minimum atomic E-state index is -5.51. The number of benzene rings is 1. The molecule has 3 aromatic rings. The van der Waals surface area contributed by atoms with Crippen molar-refractivity contribution in [3.63, 3.8) is 0 Å². The Labute approximate surface area is 203 Å². The van der Waals surface area contributed by atoms with Crippen molar-refractivity contribution in [3.8, 4) is 0 Å². The average Bonchev–Trinajstić information content (AvgIpc) is 3.18. The summed E-state index contributed by atoms with van der Waals surface area (Å²) in [6, 6.07) is 8.55. The minimum Gasteiger partial charge on any atom is -0.365 e. The molecule has 19 heteroatoms. The number of imidazole rings is 1. The van der Waals surface area contributed by atoms with Gasteiger partial charge in [0.1, 0.15) is 12.7 Å². The number of amides is 1. The van der Waals surface area contributed by atoms with E-state index in [2.05, 4.69) is 28.9 Å². The van der Waals surface area contributed by atoms with E-state index in [0.29, 0.717) is 16.7 Å². The molecule has 0 aliphatic rings. The highest BCUT2D eigenvalue weighted by molar-refractivity contribution is 7.68. The summed E-state index contributed by atoms with van der Waals surface area (Å²) < 4.78 is 47.5. The number of allylic oxidation sites excluding steroid dienone is 1. The third-order valence-electron chi connectivity index (χ3n) is 4.05. The summed E-state index contributed by atoms with van der Waals surface area (Å²) in [5, 5.41) is 2.69. The zero-order valence-electron chi connectivity index (χ0n) is 18.1. The highest BCUT2D eigenvalue weighted by atomic mass is 31.3. The van der Waals surface area contributed by atoms with Gasteiger partial charge in [0.25, 0.3) is 5.91 Å². The molecule has 2 atom stereocenters. The first kappa shape index (κ1) is 28.0. The van der Waals surface area contributed by atoms with Gasteiger partial charge in [0, 0.05) is 12.1 Å². The summed E-state index contributed by atoms with van der Waals surface area (Å²) in [6.07, 6.45) is 4.73. The van der Waals surface area contributed by atoms with E-state index >= 15 is 0 Å². The predicted octanol–water partition coefficient (Wildman–Crippen LogP) is 2.02. The molecule has 2 unspecified atom stereocenters. The van der Waals surface area contributed by atoms with Crippen LogP contribution in [0.3, 0.4) is 0 Å². The van der Waals surface area contributed by atoms with E-state index in [1.165, 1.54) is 18.7 Å². The molecule has 194 valence electrons. The molecule has 0 saturated carbocycles. The number of nitrogens with one attached hydrogen (secondary N) is 1. The van der Waals surface area contributed by atoms with Crippen LogP contribution in [-0.2, 0) is 33.6 Å². The Morgan fingerprint density at radius 3 is 2.42 bits per heavy atom. The third-order valence-corrected chi connectivity index (χ3v) is 8.08. The number of hydrogen-bond donors (Lipinski definition) is 5. The third kappa shape index (κ3) is 8.50. The normalized spacial score (nSPS) is 15.6. The molecule has 0 bridgehead atoms. The molecule has 2 heterocycles. The van der Waals surface area contributed by atoms with Crippen molar-refractivity contribution in [2.75, 3.05) is 18.3 Å². The lowest BCUT2D eigenvalue weighted by molar-refractivity contribution is 0.102. The zero-order valence-corrected chi connectivity index (χ0v) is 20.8. The summed E-state index contributed by atoms with van der Waals surface area (Å²) in [5.74, 6) is -0.138. The number of fused-ring (bicyclic) bond motifs is 1. The molecule has 0 radical (unpaired) electrons. The maximum absolute atomic E-state index is 12.4. The van der Waals surface area contributed by atoms with E-state index in [1.54, 1.807) is 41.0 Å². The largest absolute Gasteiger partial charge is 0.488 e. The van der Waals surface area contributed by atoms with Gasteiger partial charge in [-0.15, -0.1) is 0 Å². The fourth-order valence-electron chi connectivity index (χ4n) is 2.70. The number of aromatic nitrogens is 4. The molecule has 0 saturated heterocycles. The number of ether oxygens (including phenoxy) is 1. The van der Waals surface area contributed by atoms with E-state index in [9.17, 15) is 23.4 Å². The summed E-state index contributed by atoms with van der Waals surface area (Å²) in [5.41, 5.74) is 1.23. The second-order valence-electron chi connectivity index (χ2n) is 6.84. The van der Waals surface area contributed by atoms with E-state index < -0.39 is 29.6 Å². The van der Waals surface area contributed by atoms with Crippen LogP contribution in [0.25, 0.3) is 11.2 Å². The van der Waals surface area contributed by atoms with Crippen molar-refractivity contribution < 1.29 is 51.4 Å². The van der Waals surface area contributed by atoms with Crippen molar-refractivity contribution >= 4 is 46.1 Å². The predicted molar refractivity (Wildman–Crippen MR) is 124 cm³/mol. The lowest BCUT2D eigenvalue weighted by atomic mass is 10.2. The Morgan fingerprint density at radius 2 is 1.72 bits per heavy atom. The molecule has 5 N–H and O–H groups in total. The first-order valence-electron chi connectivity index (χ1n) is 9.73. The van der Waals surface area contributed by atoms with Crippen LogP contribution in [0.2, 0.25) is 0 Å². The number of carbonyl (C=O) groups is 1. The van der Waals surface area contributed by atoms with Gasteiger partial charge in [-0.3, -0.25) is 9.36 Å². The number of phosphoric acid groups is 2. The van der Waals surface area contributed by atoms with Crippen molar-refractivity contribution in [1.82, 2.24) is 19.5 Å². The molecular formula is C17H20N5O11P3. The standard InChI is InChI=1S/C17H20N5O11P3/c23-17(13-6-2-1-3-7-13)21-15-14-16(19-10-18-15)22(11-20-14)8-4-5-9-31-12-34(24,25)32-36(29,30)33-35(26,27)28/h1-7,10-11H,8-9,12H2,(H,24,25)(H,29,30)(H2,26,27,28)(H,18,19,21,23)/b5-4-. The van der Waals surface area contributed by atoms with E-state index in [-0.39, 0.29) is 24.9 Å². The highest BCUT2D eigenvalue weighted by Crippen LogP contribution is 2.65. The molecular weight excluding hydrogens is 543 g/mol. The number of hydrogen-bond acceptors (Lipinski definition) is 10. The second kappa shape index (κ2) is 11.6. The summed E-state index contributed by atoms with van der Waals surface area (Å²) >= 11 is 0. The molecule has 2 aromatic heterocycles. The Hall–Kier alpha value is -2.61. The van der Waals surface area contributed by atoms with Crippen LogP contribution in [0.15, 0.2) is 55.1 Å². The van der Waals surface area contributed by atoms with Crippen LogP contribution in [0, 0.1) is 0 Å². The number of nitrogens with zero attached hydrogens (tertiary/aromatic N) is 4. The molecule has 16 nitrogen and oxygen atoms in total. The van der Waals surface area contributed by atoms with Crippen LogP contribution in [0.5, 0.6) is 0 Å². The van der Waals surface area contributed by atoms with Gasteiger partial charge in [0.15, 0.2) is 17.0 Å². The van der Waals surface area contributed by atoms with Gasteiger partial charge in [-0.05, 0) is 12.1 Å². The fourth-order valence-corrected chi connectivity index (χ4v) is 5.98. The number of rotatable bonds is 12. The summed E-state index contributed by atoms with van der Waals surface area (Å²) in [7, 11) is -15.8. The van der Waals surface area contributed by atoms with E-state index in [4.69, 9.17) is 19.4 Å². The summed E-state index contributed by atoms with van der Waals surface area (Å²) in [6.45, 7) is 0.0290. The Bertz CT molecular complexity index is 1390. The van der Waals surface area contributed by atoms with Gasteiger partial charge in [-0.1, -0.05) is 30.4 Å². The molecule has 1 aromatic carbocycles. The smallest absolute Gasteiger partial charge is 0.365 e. The summed E-state index contributed by atoms with van der Waals surface area (Å²) in [4.78, 5) is 60.5. The van der Waals surface area contributed by atoms with Crippen LogP contribution in [0.4, 0.5) is 5.82 Å². The van der Waals surface area contributed by atoms with Gasteiger partial charge < -0.3 is 34.2 Å². The molecule has 0 spiro atoms. The number of carbonyl (C=O) groups excluding carboxylic acids is 1. The number of anilines is 1. The maximum Gasteiger partial charge on any atom is 0.488 e. The monoisotopic (exact) mass is 563 g/mol. The van der Waals surface area contributed by atoms with Crippen LogP contribution < -0.4 is 5.32 Å². The Kier molecular flexibility index (Phi) is 9.03. The van der Waals surface area contributed by atoms with Gasteiger partial charge in [0.2, 0.25) is 0 Å². The lowest BCUT2D eigenvalue weighted by Crippen LogP contribution is -2.13. The second-order valence-corrected chi connectivity index (χ2v) is 11.6. The zero-order chi connectivity index (χ0) is 26.4. The van der Waals surface area contributed by atoms with Gasteiger partial charge >= 0.3 is 23.2 Å². The van der Waals surface area contributed by atoms with Gasteiger partial charge in [-0.25, -0.2) is 28.4 Å². The molecule has 0 aliphatic carbocycles. The first-order valence-corrected chi connectivity index (χ1v) is 14.5. The molecule has 1 amide bonds. The molecule has 0 fully saturated rings. The first-order chi connectivity index (χ1) is 16.9. The molecule has 0 aliphatic heterocycles. The van der Waals surface area contributed by atoms with Crippen LogP contribution >= 0.6 is 23.2 Å². The van der Waals surface area contributed by atoms with Gasteiger partial charge in [0.05, 0.1) is 12.9 Å². The molecule has 3 rings (SSSR count). The van der Waals surface area contributed by atoms with Crippen LogP contribution in [0.1, 0.15) is 10.4 Å². The average molecular weight is 563 g/mol. The van der Waals surface area contributed by atoms with Crippen LogP contribution in [-0.4, -0.2) is 58.0 Å². The van der Waals surface area contributed by atoms with E-state index in [0.717, 1.165) is 0 Å². The van der Waals surface area contributed by atoms with Crippen molar-refractivity contribution in [1.29, 1.82) is 0 Å². The van der Waals surface area contributed by atoms with Gasteiger partial charge in [-0.2, -0.15) is 4.31 Å².